The fourth-order valence-corrected chi connectivity index (χ4v) is 2.17. The second-order valence-electron chi connectivity index (χ2n) is 4.14. The standard InChI is InChI=1S/C16H18N2OS/c1-19-15-11-7-6-10-14(15)18-16(20-2)17-12-13-8-4-3-5-9-13/h3-11H,12H2,1-2H3,(H,17,18). The van der Waals surface area contributed by atoms with E-state index in [4.69, 9.17) is 4.74 Å². The predicted molar refractivity (Wildman–Crippen MR) is 87.7 cm³/mol. The van der Waals surface area contributed by atoms with Crippen molar-refractivity contribution in [2.45, 2.75) is 6.54 Å². The molecule has 3 nitrogen and oxygen atoms in total. The molecule has 0 fully saturated rings. The zero-order valence-corrected chi connectivity index (χ0v) is 12.5. The van der Waals surface area contributed by atoms with E-state index in [2.05, 4.69) is 22.4 Å². The van der Waals surface area contributed by atoms with E-state index >= 15 is 0 Å². The van der Waals surface area contributed by atoms with Crippen LogP contribution in [0.2, 0.25) is 0 Å². The van der Waals surface area contributed by atoms with E-state index < -0.39 is 0 Å². The molecule has 0 atom stereocenters. The van der Waals surface area contributed by atoms with E-state index in [9.17, 15) is 0 Å². The maximum Gasteiger partial charge on any atom is 0.161 e. The lowest BCUT2D eigenvalue weighted by Gasteiger charge is -2.11. The highest BCUT2D eigenvalue weighted by Crippen LogP contribution is 2.24. The summed E-state index contributed by atoms with van der Waals surface area (Å²) in [6.45, 7) is 0.666. The third-order valence-corrected chi connectivity index (χ3v) is 3.41. The molecule has 104 valence electrons. The van der Waals surface area contributed by atoms with E-state index in [-0.39, 0.29) is 0 Å². The molecule has 0 saturated heterocycles. The Balaban J connectivity index is 2.08. The van der Waals surface area contributed by atoms with Crippen LogP contribution in [0.1, 0.15) is 5.56 Å². The lowest BCUT2D eigenvalue weighted by molar-refractivity contribution is 0.417. The third-order valence-electron chi connectivity index (χ3n) is 2.79. The summed E-state index contributed by atoms with van der Waals surface area (Å²) in [6, 6.07) is 18.0. The maximum absolute atomic E-state index is 5.33. The number of hydrogen-bond donors (Lipinski definition) is 1. The van der Waals surface area contributed by atoms with Crippen LogP contribution in [-0.2, 0) is 6.54 Å². The first kappa shape index (κ1) is 14.5. The van der Waals surface area contributed by atoms with Gasteiger partial charge in [0.2, 0.25) is 0 Å². The van der Waals surface area contributed by atoms with Gasteiger partial charge in [-0.2, -0.15) is 0 Å². The zero-order chi connectivity index (χ0) is 14.2. The second kappa shape index (κ2) is 7.60. The molecule has 0 aliphatic heterocycles. The predicted octanol–water partition coefficient (Wildman–Crippen LogP) is 4.03. The first-order valence-corrected chi connectivity index (χ1v) is 7.58. The minimum Gasteiger partial charge on any atom is -0.495 e. The summed E-state index contributed by atoms with van der Waals surface area (Å²) in [4.78, 5) is 4.60. The van der Waals surface area contributed by atoms with Gasteiger partial charge in [0.25, 0.3) is 0 Å². The molecule has 0 bridgehead atoms. The summed E-state index contributed by atoms with van der Waals surface area (Å²) in [5.41, 5.74) is 2.12. The molecule has 0 spiro atoms. The van der Waals surface area contributed by atoms with Crippen molar-refractivity contribution in [3.63, 3.8) is 0 Å². The number of nitrogens with one attached hydrogen (secondary N) is 1. The van der Waals surface area contributed by atoms with Gasteiger partial charge in [-0.15, -0.1) is 0 Å². The first-order valence-electron chi connectivity index (χ1n) is 6.36. The summed E-state index contributed by atoms with van der Waals surface area (Å²) in [5, 5.41) is 4.18. The van der Waals surface area contributed by atoms with E-state index in [0.717, 1.165) is 16.6 Å². The molecule has 2 aromatic rings. The number of thioether (sulfide) groups is 1. The van der Waals surface area contributed by atoms with Crippen molar-refractivity contribution in [1.29, 1.82) is 0 Å². The number of methoxy groups -OCH3 is 1. The van der Waals surface area contributed by atoms with Crippen molar-refractivity contribution in [2.24, 2.45) is 4.99 Å². The van der Waals surface area contributed by atoms with Crippen LogP contribution >= 0.6 is 11.8 Å². The van der Waals surface area contributed by atoms with Crippen LogP contribution in [0.25, 0.3) is 0 Å². The van der Waals surface area contributed by atoms with Gasteiger partial charge >= 0.3 is 0 Å². The molecular formula is C16H18N2OS. The molecule has 0 aliphatic carbocycles. The van der Waals surface area contributed by atoms with Gasteiger partial charge < -0.3 is 10.1 Å². The summed E-state index contributed by atoms with van der Waals surface area (Å²) < 4.78 is 5.33. The Morgan fingerprint density at radius 2 is 1.80 bits per heavy atom. The molecule has 20 heavy (non-hydrogen) atoms. The smallest absolute Gasteiger partial charge is 0.161 e. The largest absolute Gasteiger partial charge is 0.495 e. The van der Waals surface area contributed by atoms with Crippen LogP contribution in [0.5, 0.6) is 5.75 Å². The Bertz CT molecular complexity index is 570. The summed E-state index contributed by atoms with van der Waals surface area (Å²) >= 11 is 1.59. The molecule has 0 saturated carbocycles. The fourth-order valence-electron chi connectivity index (χ4n) is 1.76. The highest BCUT2D eigenvalue weighted by atomic mass is 32.2. The Kier molecular flexibility index (Phi) is 5.50. The normalized spacial score (nSPS) is 11.2. The average Bonchev–Trinajstić information content (AvgIpc) is 2.52. The zero-order valence-electron chi connectivity index (χ0n) is 11.7. The van der Waals surface area contributed by atoms with Crippen molar-refractivity contribution < 1.29 is 4.74 Å². The fraction of sp³-hybridized carbons (Fsp3) is 0.188. The number of benzene rings is 2. The minimum atomic E-state index is 0.666. The van der Waals surface area contributed by atoms with Crippen LogP contribution < -0.4 is 10.1 Å². The number of para-hydroxylation sites is 2. The van der Waals surface area contributed by atoms with Gasteiger partial charge in [0.05, 0.1) is 19.3 Å². The summed E-state index contributed by atoms with van der Waals surface area (Å²) in [7, 11) is 1.67. The molecule has 0 amide bonds. The molecule has 4 heteroatoms. The molecular weight excluding hydrogens is 268 g/mol. The first-order chi connectivity index (χ1) is 9.83. The van der Waals surface area contributed by atoms with Gasteiger partial charge in [-0.1, -0.05) is 54.2 Å². The number of aliphatic imine (C=N–C) groups is 1. The Labute approximate surface area is 124 Å². The number of amidine groups is 1. The van der Waals surface area contributed by atoms with Crippen LogP contribution in [-0.4, -0.2) is 18.5 Å². The van der Waals surface area contributed by atoms with Crippen molar-refractivity contribution in [1.82, 2.24) is 0 Å². The monoisotopic (exact) mass is 286 g/mol. The van der Waals surface area contributed by atoms with Gasteiger partial charge in [-0.3, -0.25) is 4.99 Å². The number of nitrogens with zero attached hydrogens (tertiary/aromatic N) is 1. The Morgan fingerprint density at radius 3 is 2.50 bits per heavy atom. The van der Waals surface area contributed by atoms with E-state index in [1.54, 1.807) is 18.9 Å². The van der Waals surface area contributed by atoms with Gasteiger partial charge in [-0.25, -0.2) is 0 Å². The molecule has 2 aromatic carbocycles. The molecule has 0 heterocycles. The molecule has 1 N–H and O–H groups in total. The number of anilines is 1. The molecule has 0 radical (unpaired) electrons. The van der Waals surface area contributed by atoms with Gasteiger partial charge in [0, 0.05) is 0 Å². The van der Waals surface area contributed by atoms with E-state index in [1.165, 1.54) is 5.56 Å². The van der Waals surface area contributed by atoms with E-state index in [0.29, 0.717) is 6.54 Å². The van der Waals surface area contributed by atoms with Crippen LogP contribution in [0.15, 0.2) is 59.6 Å². The van der Waals surface area contributed by atoms with Crippen molar-refractivity contribution in [2.75, 3.05) is 18.7 Å². The van der Waals surface area contributed by atoms with Gasteiger partial charge in [0.1, 0.15) is 5.75 Å². The van der Waals surface area contributed by atoms with Crippen molar-refractivity contribution in [3.8, 4) is 5.75 Å². The molecule has 0 unspecified atom stereocenters. The minimum absolute atomic E-state index is 0.666. The quantitative estimate of drug-likeness (QED) is 0.680. The summed E-state index contributed by atoms with van der Waals surface area (Å²) in [6.07, 6.45) is 2.01. The average molecular weight is 286 g/mol. The van der Waals surface area contributed by atoms with Crippen LogP contribution in [0.4, 0.5) is 5.69 Å². The van der Waals surface area contributed by atoms with Crippen LogP contribution in [0.3, 0.4) is 0 Å². The van der Waals surface area contributed by atoms with Crippen molar-refractivity contribution >= 4 is 22.6 Å². The van der Waals surface area contributed by atoms with Crippen molar-refractivity contribution in [3.05, 3.63) is 60.2 Å². The lowest BCUT2D eigenvalue weighted by atomic mass is 10.2. The number of ether oxygens (including phenoxy) is 1. The van der Waals surface area contributed by atoms with Gasteiger partial charge in [0.15, 0.2) is 5.17 Å². The Hall–Kier alpha value is -1.94. The number of hydrogen-bond acceptors (Lipinski definition) is 3. The third kappa shape index (κ3) is 4.03. The highest BCUT2D eigenvalue weighted by Gasteiger charge is 2.04. The number of rotatable bonds is 4. The maximum atomic E-state index is 5.33. The van der Waals surface area contributed by atoms with Crippen LogP contribution in [0, 0.1) is 0 Å². The van der Waals surface area contributed by atoms with Gasteiger partial charge in [-0.05, 0) is 24.0 Å². The lowest BCUT2D eigenvalue weighted by Crippen LogP contribution is -2.08. The molecule has 2 rings (SSSR count). The molecule has 0 aliphatic rings. The molecule has 0 aromatic heterocycles. The topological polar surface area (TPSA) is 33.6 Å². The highest BCUT2D eigenvalue weighted by molar-refractivity contribution is 8.13. The SMILES string of the molecule is COc1ccccc1NC(=NCc1ccccc1)SC. The Morgan fingerprint density at radius 1 is 1.10 bits per heavy atom. The second-order valence-corrected chi connectivity index (χ2v) is 4.93. The summed E-state index contributed by atoms with van der Waals surface area (Å²) in [5.74, 6) is 0.814. The van der Waals surface area contributed by atoms with E-state index in [1.807, 2.05) is 48.7 Å².